The molecule has 0 heterocycles. The highest BCUT2D eigenvalue weighted by atomic mass is 16.5. The second kappa shape index (κ2) is 10.8. The quantitative estimate of drug-likeness (QED) is 0.192. The van der Waals surface area contributed by atoms with E-state index in [1.165, 1.54) is 18.1 Å². The molecule has 11 atom stereocenters. The molecule has 0 saturated heterocycles. The third-order valence-corrected chi connectivity index (χ3v) is 12.9. The van der Waals surface area contributed by atoms with Crippen molar-refractivity contribution in [2.75, 3.05) is 6.54 Å². The van der Waals surface area contributed by atoms with Crippen molar-refractivity contribution in [3.05, 3.63) is 22.3 Å². The maximum Gasteiger partial charge on any atom is 0.331 e. The van der Waals surface area contributed by atoms with E-state index in [0.717, 1.165) is 38.5 Å². The summed E-state index contributed by atoms with van der Waals surface area (Å²) in [6.45, 7) is 10.4. The van der Waals surface area contributed by atoms with Gasteiger partial charge in [0, 0.05) is 18.5 Å². The van der Waals surface area contributed by atoms with Gasteiger partial charge in [0.15, 0.2) is 0 Å². The molecule has 0 aromatic heterocycles. The summed E-state index contributed by atoms with van der Waals surface area (Å²) in [6, 6.07) is -0.343. The van der Waals surface area contributed by atoms with Crippen LogP contribution in [0.15, 0.2) is 22.3 Å². The Kier molecular flexibility index (Phi) is 8.06. The maximum atomic E-state index is 13.2. The summed E-state index contributed by atoms with van der Waals surface area (Å²) in [5, 5.41) is 33.5. The standard InChI is InChI=1S/C33H52N2O6/c1-17(2)19-7-6-8-20(13-19)26(30(39)40)27-22-14-24(38)29-31(4)11-10-23(37)28(35)21(31)9-12-33(29,16-34)32(22,5)15-25(27)41-18(3)36/h20-25,28-29,37-38H,6-16,34-35H2,1-5H3,(H,39,40)/b27-26-/t20?,21-,22-,23+,24+,25-,28-,29-,31-,32-,33+/m0/s1. The van der Waals surface area contributed by atoms with Crippen molar-refractivity contribution in [2.24, 2.45) is 51.4 Å². The number of carbonyl (C=O) groups is 2. The highest BCUT2D eigenvalue weighted by molar-refractivity contribution is 5.89. The van der Waals surface area contributed by atoms with Gasteiger partial charge in [-0.05, 0) is 130 Å². The van der Waals surface area contributed by atoms with E-state index in [9.17, 15) is 24.9 Å². The molecule has 5 saturated carbocycles. The van der Waals surface area contributed by atoms with Gasteiger partial charge >= 0.3 is 11.9 Å². The number of carboxylic acid groups (broad SMARTS) is 1. The summed E-state index contributed by atoms with van der Waals surface area (Å²) < 4.78 is 6.00. The van der Waals surface area contributed by atoms with Gasteiger partial charge in [0.2, 0.25) is 0 Å². The number of aliphatic hydroxyl groups is 2. The molecule has 5 aliphatic carbocycles. The summed E-state index contributed by atoms with van der Waals surface area (Å²) in [4.78, 5) is 25.6. The first-order chi connectivity index (χ1) is 19.2. The van der Waals surface area contributed by atoms with Gasteiger partial charge in [-0.3, -0.25) is 4.79 Å². The van der Waals surface area contributed by atoms with E-state index in [-0.39, 0.29) is 35.1 Å². The lowest BCUT2D eigenvalue weighted by atomic mass is 9.36. The number of hydrogen-bond donors (Lipinski definition) is 5. The summed E-state index contributed by atoms with van der Waals surface area (Å²) in [7, 11) is 0. The molecule has 5 rings (SSSR count). The Labute approximate surface area is 245 Å². The SMILES string of the molecule is CC(=O)O[C@H]1C[C@@]2(C)[C@@H](C[C@@H](O)[C@H]3[C@@]4(C)CC[C@@H](O)[C@@H](N)[C@@H]4CC[C@@]32CN)/C1=C(/C(=O)O)C1CCCC(=C(C)C)C1. The molecule has 1 unspecified atom stereocenters. The first-order valence-corrected chi connectivity index (χ1v) is 15.8. The average Bonchev–Trinajstić information content (AvgIpc) is 3.17. The maximum absolute atomic E-state index is 13.2. The molecule has 0 amide bonds. The number of aliphatic hydroxyl groups excluding tert-OH is 2. The molecule has 0 aromatic carbocycles. The summed E-state index contributed by atoms with van der Waals surface area (Å²) in [5.41, 5.74) is 15.8. The van der Waals surface area contributed by atoms with E-state index in [4.69, 9.17) is 16.2 Å². The topological polar surface area (TPSA) is 156 Å². The smallest absolute Gasteiger partial charge is 0.331 e. The van der Waals surface area contributed by atoms with Crippen molar-refractivity contribution >= 4 is 11.9 Å². The highest BCUT2D eigenvalue weighted by Crippen LogP contribution is 2.74. The third-order valence-electron chi connectivity index (χ3n) is 12.9. The van der Waals surface area contributed by atoms with Crippen LogP contribution < -0.4 is 11.5 Å². The second-order valence-corrected chi connectivity index (χ2v) is 14.8. The summed E-state index contributed by atoms with van der Waals surface area (Å²) >= 11 is 0. The van der Waals surface area contributed by atoms with Crippen LogP contribution in [0, 0.1) is 39.9 Å². The van der Waals surface area contributed by atoms with Gasteiger partial charge in [-0.15, -0.1) is 0 Å². The fraction of sp³-hybridized carbons (Fsp3) is 0.818. The average molecular weight is 573 g/mol. The largest absolute Gasteiger partial charge is 0.478 e. The van der Waals surface area contributed by atoms with Crippen LogP contribution in [0.5, 0.6) is 0 Å². The molecule has 0 bridgehead atoms. The van der Waals surface area contributed by atoms with Gasteiger partial charge in [-0.25, -0.2) is 4.79 Å². The van der Waals surface area contributed by atoms with E-state index in [2.05, 4.69) is 27.7 Å². The molecular weight excluding hydrogens is 520 g/mol. The zero-order valence-corrected chi connectivity index (χ0v) is 25.6. The summed E-state index contributed by atoms with van der Waals surface area (Å²) in [5.74, 6) is -1.84. The zero-order chi connectivity index (χ0) is 30.1. The molecule has 0 aliphatic heterocycles. The van der Waals surface area contributed by atoms with E-state index in [1.807, 2.05) is 0 Å². The minimum atomic E-state index is -0.942. The molecule has 8 heteroatoms. The normalized spacial score (nSPS) is 47.1. The highest BCUT2D eigenvalue weighted by Gasteiger charge is 2.72. The van der Waals surface area contributed by atoms with Gasteiger partial charge < -0.3 is 31.5 Å². The van der Waals surface area contributed by atoms with E-state index < -0.39 is 41.1 Å². The Hall–Kier alpha value is -1.74. The molecule has 0 spiro atoms. The van der Waals surface area contributed by atoms with Crippen LogP contribution in [0.25, 0.3) is 0 Å². The number of hydrogen-bond acceptors (Lipinski definition) is 7. The lowest BCUT2D eigenvalue weighted by Gasteiger charge is -2.69. The Balaban J connectivity index is 1.66. The van der Waals surface area contributed by atoms with E-state index in [1.54, 1.807) is 0 Å². The molecule has 7 N–H and O–H groups in total. The van der Waals surface area contributed by atoms with Crippen LogP contribution in [0.2, 0.25) is 0 Å². The van der Waals surface area contributed by atoms with Gasteiger partial charge in [0.25, 0.3) is 0 Å². The number of carboxylic acids is 1. The van der Waals surface area contributed by atoms with Crippen molar-refractivity contribution in [1.82, 2.24) is 0 Å². The molecule has 5 aliphatic rings. The number of fused-ring (bicyclic) bond motifs is 5. The summed E-state index contributed by atoms with van der Waals surface area (Å²) in [6.07, 6.45) is 5.32. The van der Waals surface area contributed by atoms with Crippen LogP contribution in [0.1, 0.15) is 98.8 Å². The fourth-order valence-corrected chi connectivity index (χ4v) is 11.0. The number of ether oxygens (including phenoxy) is 1. The minimum Gasteiger partial charge on any atom is -0.478 e. The van der Waals surface area contributed by atoms with Crippen LogP contribution in [0.3, 0.4) is 0 Å². The van der Waals surface area contributed by atoms with Crippen molar-refractivity contribution in [3.63, 3.8) is 0 Å². The monoisotopic (exact) mass is 572 g/mol. The number of aliphatic carboxylic acids is 1. The third kappa shape index (κ3) is 4.54. The number of allylic oxidation sites excluding steroid dienone is 2. The Morgan fingerprint density at radius 1 is 1.05 bits per heavy atom. The predicted molar refractivity (Wildman–Crippen MR) is 156 cm³/mol. The zero-order valence-electron chi connectivity index (χ0n) is 25.6. The first-order valence-electron chi connectivity index (χ1n) is 15.8. The number of esters is 1. The molecule has 0 radical (unpaired) electrons. The first kappa shape index (κ1) is 30.7. The van der Waals surface area contributed by atoms with Crippen molar-refractivity contribution in [2.45, 2.75) is 123 Å². The second-order valence-electron chi connectivity index (χ2n) is 14.8. The van der Waals surface area contributed by atoms with E-state index in [0.29, 0.717) is 43.4 Å². The number of carbonyl (C=O) groups excluding carboxylic acids is 1. The molecule has 230 valence electrons. The lowest BCUT2D eigenvalue weighted by Crippen LogP contribution is -2.70. The van der Waals surface area contributed by atoms with Crippen molar-refractivity contribution in [1.29, 1.82) is 0 Å². The molecule has 5 fully saturated rings. The van der Waals surface area contributed by atoms with Crippen LogP contribution in [-0.2, 0) is 14.3 Å². The molecule has 41 heavy (non-hydrogen) atoms. The van der Waals surface area contributed by atoms with Crippen molar-refractivity contribution in [3.8, 4) is 0 Å². The molecular formula is C33H52N2O6. The van der Waals surface area contributed by atoms with Gasteiger partial charge in [0.05, 0.1) is 12.2 Å². The lowest BCUT2D eigenvalue weighted by molar-refractivity contribution is -0.231. The Morgan fingerprint density at radius 2 is 1.76 bits per heavy atom. The molecule has 8 nitrogen and oxygen atoms in total. The predicted octanol–water partition coefficient (Wildman–Crippen LogP) is 4.08. The van der Waals surface area contributed by atoms with Gasteiger partial charge in [-0.1, -0.05) is 25.0 Å². The fourth-order valence-electron chi connectivity index (χ4n) is 11.0. The van der Waals surface area contributed by atoms with Gasteiger partial charge in [0.1, 0.15) is 6.10 Å². The van der Waals surface area contributed by atoms with Crippen LogP contribution >= 0.6 is 0 Å². The number of nitrogens with two attached hydrogens (primary N) is 2. The Morgan fingerprint density at radius 3 is 2.37 bits per heavy atom. The number of rotatable bonds is 4. The van der Waals surface area contributed by atoms with Crippen LogP contribution in [0.4, 0.5) is 0 Å². The van der Waals surface area contributed by atoms with Gasteiger partial charge in [-0.2, -0.15) is 0 Å². The minimum absolute atomic E-state index is 0.0747. The van der Waals surface area contributed by atoms with Crippen LogP contribution in [-0.4, -0.2) is 58.2 Å². The Bertz CT molecular complexity index is 1140. The van der Waals surface area contributed by atoms with Crippen molar-refractivity contribution < 1.29 is 29.6 Å². The van der Waals surface area contributed by atoms with E-state index >= 15 is 0 Å². The molecule has 0 aromatic rings.